The maximum absolute atomic E-state index is 13.0. The molecule has 2 aromatic rings. The Morgan fingerprint density at radius 3 is 2.88 bits per heavy atom. The average molecular weight is 353 g/mol. The Morgan fingerprint density at radius 2 is 2.08 bits per heavy atom. The lowest BCUT2D eigenvalue weighted by molar-refractivity contribution is -0.117. The summed E-state index contributed by atoms with van der Waals surface area (Å²) in [5.74, 6) is 1.30. The van der Waals surface area contributed by atoms with E-state index in [1.54, 1.807) is 7.11 Å². The predicted molar refractivity (Wildman–Crippen MR) is 104 cm³/mol. The third-order valence-electron chi connectivity index (χ3n) is 4.89. The summed E-state index contributed by atoms with van der Waals surface area (Å²) in [6.45, 7) is 2.76. The summed E-state index contributed by atoms with van der Waals surface area (Å²) in [4.78, 5) is 13.0. The van der Waals surface area contributed by atoms with Crippen LogP contribution in [0.15, 0.2) is 42.5 Å². The second-order valence-corrected chi connectivity index (χ2v) is 6.70. The van der Waals surface area contributed by atoms with Crippen molar-refractivity contribution in [3.05, 3.63) is 53.6 Å². The molecule has 0 bridgehead atoms. The van der Waals surface area contributed by atoms with Gasteiger partial charge in [0.25, 0.3) is 0 Å². The van der Waals surface area contributed by atoms with Crippen LogP contribution in [0.2, 0.25) is 0 Å². The average Bonchev–Trinajstić information content (AvgIpc) is 2.68. The number of benzene rings is 2. The molecular formula is C22H27NO3. The summed E-state index contributed by atoms with van der Waals surface area (Å²) in [6, 6.07) is 13.8. The first kappa shape index (κ1) is 18.3. The van der Waals surface area contributed by atoms with Crippen LogP contribution in [-0.2, 0) is 11.2 Å². The summed E-state index contributed by atoms with van der Waals surface area (Å²) in [5.41, 5.74) is 3.10. The molecule has 26 heavy (non-hydrogen) atoms. The minimum Gasteiger partial charge on any atom is -0.497 e. The predicted octanol–water partition coefficient (Wildman–Crippen LogP) is 4.93. The number of carbonyl (C=O) groups excluding carboxylic acids is 1. The number of ether oxygens (including phenoxy) is 2. The van der Waals surface area contributed by atoms with Crippen LogP contribution in [0.4, 0.5) is 5.69 Å². The van der Waals surface area contributed by atoms with E-state index in [0.717, 1.165) is 37.7 Å². The molecule has 2 aromatic carbocycles. The van der Waals surface area contributed by atoms with E-state index in [1.165, 1.54) is 5.56 Å². The first-order chi connectivity index (χ1) is 12.7. The molecule has 0 heterocycles. The lowest BCUT2D eigenvalue weighted by atomic mass is 9.82. The fraction of sp³-hybridized carbons (Fsp3) is 0.409. The standard InChI is InChI=1S/C22H27NO3/c1-3-4-14-26-21-13-12-17(25-2)15-20(21)23-22(24)19-11-7-9-16-8-5-6-10-18(16)19/h5-6,8,10,12-13,15,19H,3-4,7,9,11,14H2,1-2H3,(H,23,24). The van der Waals surface area contributed by atoms with Crippen molar-refractivity contribution in [3.8, 4) is 11.5 Å². The number of rotatable bonds is 7. The highest BCUT2D eigenvalue weighted by atomic mass is 16.5. The SMILES string of the molecule is CCCCOc1ccc(OC)cc1NC(=O)C1CCCc2ccccc21. The lowest BCUT2D eigenvalue weighted by Gasteiger charge is -2.25. The molecule has 1 aliphatic rings. The van der Waals surface area contributed by atoms with Crippen LogP contribution in [0.3, 0.4) is 0 Å². The van der Waals surface area contributed by atoms with Gasteiger partial charge < -0.3 is 14.8 Å². The van der Waals surface area contributed by atoms with Crippen molar-refractivity contribution in [1.82, 2.24) is 0 Å². The van der Waals surface area contributed by atoms with E-state index in [9.17, 15) is 4.79 Å². The molecule has 0 aromatic heterocycles. The van der Waals surface area contributed by atoms with E-state index in [0.29, 0.717) is 23.8 Å². The number of carbonyl (C=O) groups is 1. The number of methoxy groups -OCH3 is 1. The Hall–Kier alpha value is -2.49. The third-order valence-corrected chi connectivity index (χ3v) is 4.89. The first-order valence-corrected chi connectivity index (χ1v) is 9.42. The smallest absolute Gasteiger partial charge is 0.232 e. The van der Waals surface area contributed by atoms with Gasteiger partial charge in [-0.05, 0) is 48.9 Å². The topological polar surface area (TPSA) is 47.6 Å². The Bertz CT molecular complexity index is 757. The molecule has 1 amide bonds. The molecule has 0 aliphatic heterocycles. The van der Waals surface area contributed by atoms with Gasteiger partial charge in [0, 0.05) is 6.07 Å². The number of unbranched alkanes of at least 4 members (excludes halogenated alkanes) is 1. The number of nitrogens with one attached hydrogen (secondary N) is 1. The Labute approximate surface area is 155 Å². The second-order valence-electron chi connectivity index (χ2n) is 6.70. The maximum Gasteiger partial charge on any atom is 0.232 e. The van der Waals surface area contributed by atoms with E-state index >= 15 is 0 Å². The number of hydrogen-bond donors (Lipinski definition) is 1. The number of fused-ring (bicyclic) bond motifs is 1. The molecule has 0 spiro atoms. The van der Waals surface area contributed by atoms with Crippen LogP contribution in [0.25, 0.3) is 0 Å². The molecule has 1 atom stereocenters. The minimum atomic E-state index is -0.116. The van der Waals surface area contributed by atoms with E-state index in [2.05, 4.69) is 24.4 Å². The molecular weight excluding hydrogens is 326 g/mol. The zero-order valence-corrected chi connectivity index (χ0v) is 15.6. The fourth-order valence-corrected chi connectivity index (χ4v) is 3.43. The maximum atomic E-state index is 13.0. The number of aryl methyl sites for hydroxylation is 1. The van der Waals surface area contributed by atoms with Crippen molar-refractivity contribution in [2.75, 3.05) is 19.0 Å². The molecule has 4 nitrogen and oxygen atoms in total. The van der Waals surface area contributed by atoms with Crippen molar-refractivity contribution in [3.63, 3.8) is 0 Å². The molecule has 1 unspecified atom stereocenters. The molecule has 1 N–H and O–H groups in total. The van der Waals surface area contributed by atoms with Gasteiger partial charge in [-0.15, -0.1) is 0 Å². The second kappa shape index (κ2) is 8.75. The van der Waals surface area contributed by atoms with E-state index in [4.69, 9.17) is 9.47 Å². The minimum absolute atomic E-state index is 0.0192. The van der Waals surface area contributed by atoms with Crippen LogP contribution in [0.5, 0.6) is 11.5 Å². The Balaban J connectivity index is 1.80. The van der Waals surface area contributed by atoms with Crippen LogP contribution in [0.1, 0.15) is 49.7 Å². The van der Waals surface area contributed by atoms with Gasteiger partial charge in [-0.25, -0.2) is 0 Å². The third kappa shape index (κ3) is 4.18. The molecule has 0 saturated carbocycles. The van der Waals surface area contributed by atoms with Crippen LogP contribution in [0, 0.1) is 0 Å². The van der Waals surface area contributed by atoms with Gasteiger partial charge in [-0.1, -0.05) is 37.6 Å². The molecule has 3 rings (SSSR count). The molecule has 4 heteroatoms. The quantitative estimate of drug-likeness (QED) is 0.718. The zero-order valence-electron chi connectivity index (χ0n) is 15.6. The van der Waals surface area contributed by atoms with Gasteiger partial charge in [0.05, 0.1) is 25.3 Å². The molecule has 0 fully saturated rings. The molecule has 1 aliphatic carbocycles. The summed E-state index contributed by atoms with van der Waals surface area (Å²) in [5, 5.41) is 3.08. The van der Waals surface area contributed by atoms with Crippen LogP contribution >= 0.6 is 0 Å². The highest BCUT2D eigenvalue weighted by molar-refractivity contribution is 5.97. The van der Waals surface area contributed by atoms with E-state index in [-0.39, 0.29) is 11.8 Å². The molecule has 0 saturated heterocycles. The van der Waals surface area contributed by atoms with Gasteiger partial charge in [0.1, 0.15) is 11.5 Å². The fourth-order valence-electron chi connectivity index (χ4n) is 3.43. The van der Waals surface area contributed by atoms with E-state index in [1.807, 2.05) is 30.3 Å². The highest BCUT2D eigenvalue weighted by Crippen LogP contribution is 2.35. The first-order valence-electron chi connectivity index (χ1n) is 9.42. The monoisotopic (exact) mass is 353 g/mol. The zero-order chi connectivity index (χ0) is 18.4. The Kier molecular flexibility index (Phi) is 6.16. The van der Waals surface area contributed by atoms with Crippen molar-refractivity contribution in [2.24, 2.45) is 0 Å². The molecule has 0 radical (unpaired) electrons. The number of amides is 1. The number of anilines is 1. The summed E-state index contributed by atoms with van der Waals surface area (Å²) in [6.07, 6.45) is 5.00. The van der Waals surface area contributed by atoms with Gasteiger partial charge in [0.15, 0.2) is 0 Å². The van der Waals surface area contributed by atoms with Crippen molar-refractivity contribution < 1.29 is 14.3 Å². The van der Waals surface area contributed by atoms with Gasteiger partial charge in [0.2, 0.25) is 5.91 Å². The van der Waals surface area contributed by atoms with Gasteiger partial charge in [-0.2, -0.15) is 0 Å². The van der Waals surface area contributed by atoms with Gasteiger partial charge in [-0.3, -0.25) is 4.79 Å². The summed E-state index contributed by atoms with van der Waals surface area (Å²) in [7, 11) is 1.62. The summed E-state index contributed by atoms with van der Waals surface area (Å²) < 4.78 is 11.2. The van der Waals surface area contributed by atoms with Crippen LogP contribution < -0.4 is 14.8 Å². The number of hydrogen-bond acceptors (Lipinski definition) is 3. The van der Waals surface area contributed by atoms with Gasteiger partial charge >= 0.3 is 0 Å². The summed E-state index contributed by atoms with van der Waals surface area (Å²) >= 11 is 0. The largest absolute Gasteiger partial charge is 0.497 e. The van der Waals surface area contributed by atoms with Crippen molar-refractivity contribution in [1.29, 1.82) is 0 Å². The Morgan fingerprint density at radius 1 is 1.23 bits per heavy atom. The molecule has 138 valence electrons. The van der Waals surface area contributed by atoms with E-state index < -0.39 is 0 Å². The van der Waals surface area contributed by atoms with Crippen molar-refractivity contribution >= 4 is 11.6 Å². The van der Waals surface area contributed by atoms with Crippen molar-refractivity contribution in [2.45, 2.75) is 44.9 Å². The highest BCUT2D eigenvalue weighted by Gasteiger charge is 2.26. The normalized spacial score (nSPS) is 15.8. The van der Waals surface area contributed by atoms with Crippen LogP contribution in [-0.4, -0.2) is 19.6 Å². The lowest BCUT2D eigenvalue weighted by Crippen LogP contribution is -2.25.